The predicted octanol–water partition coefficient (Wildman–Crippen LogP) is 7.30. The van der Waals surface area contributed by atoms with Crippen molar-refractivity contribution in [2.24, 2.45) is 5.92 Å². The molecule has 0 unspecified atom stereocenters. The van der Waals surface area contributed by atoms with Crippen LogP contribution in [0.2, 0.25) is 0 Å². The molecule has 2 N–H and O–H groups in total. The number of anilines is 1. The van der Waals surface area contributed by atoms with E-state index in [4.69, 9.17) is 9.72 Å². The molecule has 0 spiro atoms. The van der Waals surface area contributed by atoms with Gasteiger partial charge in [-0.05, 0) is 101 Å². The number of nitrogens with one attached hydrogen (secondary N) is 2. The van der Waals surface area contributed by atoms with Gasteiger partial charge in [0.2, 0.25) is 5.91 Å². The summed E-state index contributed by atoms with van der Waals surface area (Å²) in [7, 11) is 0. The SMILES string of the molecule is CC(C)Oc1cc2nc(C3CCC(CN4CCC(c5ccc(CN6CCC(=O)NC6=O)cc5)CC4)CC3)cn2cc1C(=O)Nc1cccc(C(F)F)n1. The number of imidazole rings is 1. The number of aromatic nitrogens is 3. The Bertz CT molecular complexity index is 1930. The summed E-state index contributed by atoms with van der Waals surface area (Å²) >= 11 is 0. The highest BCUT2D eigenvalue weighted by Gasteiger charge is 2.29. The molecular formula is C40H47F2N7O4. The summed E-state index contributed by atoms with van der Waals surface area (Å²) in [6, 6.07) is 14.2. The molecule has 13 heteroatoms. The molecule has 3 aliphatic rings. The summed E-state index contributed by atoms with van der Waals surface area (Å²) in [6.07, 6.45) is 7.77. The van der Waals surface area contributed by atoms with E-state index in [2.05, 4.69) is 44.8 Å². The second-order valence-corrected chi connectivity index (χ2v) is 14.9. The zero-order valence-electron chi connectivity index (χ0n) is 30.3. The van der Waals surface area contributed by atoms with Gasteiger partial charge in [-0.15, -0.1) is 0 Å². The second kappa shape index (κ2) is 16.0. The smallest absolute Gasteiger partial charge is 0.324 e. The average molecular weight is 728 g/mol. The van der Waals surface area contributed by atoms with E-state index < -0.39 is 18.0 Å². The lowest BCUT2D eigenvalue weighted by molar-refractivity contribution is -0.121. The number of nitrogens with zero attached hydrogens (tertiary/aromatic N) is 5. The number of piperidine rings is 1. The third kappa shape index (κ3) is 8.84. The summed E-state index contributed by atoms with van der Waals surface area (Å²) in [5, 5.41) is 5.04. The van der Waals surface area contributed by atoms with Crippen molar-refractivity contribution in [3.63, 3.8) is 0 Å². The van der Waals surface area contributed by atoms with Gasteiger partial charge in [0, 0.05) is 50.4 Å². The number of hydrogen-bond acceptors (Lipinski definition) is 7. The van der Waals surface area contributed by atoms with E-state index in [-0.39, 0.29) is 29.4 Å². The molecule has 1 aromatic carbocycles. The lowest BCUT2D eigenvalue weighted by atomic mass is 9.80. The Labute approximate surface area is 308 Å². The lowest BCUT2D eigenvalue weighted by Crippen LogP contribution is -2.48. The van der Waals surface area contributed by atoms with Crippen LogP contribution in [0.15, 0.2) is 60.9 Å². The second-order valence-electron chi connectivity index (χ2n) is 14.9. The molecule has 3 aromatic heterocycles. The van der Waals surface area contributed by atoms with Crippen molar-refractivity contribution in [2.45, 2.75) is 89.7 Å². The number of alkyl halides is 2. The number of amides is 4. The van der Waals surface area contributed by atoms with E-state index in [0.29, 0.717) is 48.7 Å². The molecule has 1 saturated carbocycles. The molecule has 2 aliphatic heterocycles. The number of carbonyl (C=O) groups excluding carboxylic acids is 3. The van der Waals surface area contributed by atoms with Gasteiger partial charge in [-0.3, -0.25) is 14.9 Å². The van der Waals surface area contributed by atoms with Crippen LogP contribution in [0.1, 0.15) is 110 Å². The number of benzene rings is 1. The fraction of sp³-hybridized carbons (Fsp3) is 0.475. The highest BCUT2D eigenvalue weighted by molar-refractivity contribution is 6.05. The van der Waals surface area contributed by atoms with Crippen molar-refractivity contribution in [3.8, 4) is 5.75 Å². The molecule has 7 rings (SSSR count). The zero-order valence-corrected chi connectivity index (χ0v) is 30.3. The molecule has 0 radical (unpaired) electrons. The Morgan fingerprint density at radius 3 is 2.40 bits per heavy atom. The maximum Gasteiger partial charge on any atom is 0.324 e. The number of fused-ring (bicyclic) bond motifs is 1. The van der Waals surface area contributed by atoms with Crippen molar-refractivity contribution in [1.29, 1.82) is 0 Å². The van der Waals surface area contributed by atoms with E-state index in [1.807, 2.05) is 24.4 Å². The number of imide groups is 1. The van der Waals surface area contributed by atoms with Crippen molar-refractivity contribution in [3.05, 3.63) is 89.0 Å². The fourth-order valence-corrected chi connectivity index (χ4v) is 7.90. The summed E-state index contributed by atoms with van der Waals surface area (Å²) < 4.78 is 34.2. The highest BCUT2D eigenvalue weighted by Crippen LogP contribution is 2.37. The molecule has 11 nitrogen and oxygen atoms in total. The van der Waals surface area contributed by atoms with Gasteiger partial charge in [-0.25, -0.2) is 23.5 Å². The van der Waals surface area contributed by atoms with Gasteiger partial charge in [0.25, 0.3) is 12.3 Å². The molecule has 2 saturated heterocycles. The first-order chi connectivity index (χ1) is 25.6. The minimum atomic E-state index is -2.74. The molecule has 280 valence electrons. The Kier molecular flexibility index (Phi) is 11.0. The van der Waals surface area contributed by atoms with Crippen LogP contribution in [-0.2, 0) is 11.3 Å². The Balaban J connectivity index is 0.911. The van der Waals surface area contributed by atoms with Crippen LogP contribution in [-0.4, -0.2) is 74.3 Å². The normalized spacial score (nSPS) is 20.3. The number of likely N-dealkylation sites (tertiary alicyclic amines) is 1. The first-order valence-electron chi connectivity index (χ1n) is 18.7. The van der Waals surface area contributed by atoms with E-state index in [0.717, 1.165) is 69.4 Å². The average Bonchev–Trinajstić information content (AvgIpc) is 3.56. The third-order valence-electron chi connectivity index (χ3n) is 10.8. The highest BCUT2D eigenvalue weighted by atomic mass is 19.3. The molecule has 4 aromatic rings. The van der Waals surface area contributed by atoms with E-state index in [1.54, 1.807) is 17.2 Å². The van der Waals surface area contributed by atoms with E-state index >= 15 is 0 Å². The third-order valence-corrected chi connectivity index (χ3v) is 10.8. The topological polar surface area (TPSA) is 121 Å². The van der Waals surface area contributed by atoms with Gasteiger partial charge in [-0.2, -0.15) is 0 Å². The summed E-state index contributed by atoms with van der Waals surface area (Å²) in [5.41, 5.74) is 3.99. The van der Waals surface area contributed by atoms with E-state index in [9.17, 15) is 23.2 Å². The van der Waals surface area contributed by atoms with Gasteiger partial charge < -0.3 is 24.3 Å². The molecule has 3 fully saturated rings. The number of rotatable bonds is 11. The van der Waals surface area contributed by atoms with Gasteiger partial charge >= 0.3 is 6.03 Å². The number of urea groups is 1. The van der Waals surface area contributed by atoms with Crippen LogP contribution in [0.4, 0.5) is 19.4 Å². The van der Waals surface area contributed by atoms with Crippen LogP contribution in [0.3, 0.4) is 0 Å². The first kappa shape index (κ1) is 36.4. The van der Waals surface area contributed by atoms with Gasteiger partial charge in [0.15, 0.2) is 0 Å². The molecule has 0 atom stereocenters. The Morgan fingerprint density at radius 2 is 1.70 bits per heavy atom. The molecular weight excluding hydrogens is 680 g/mol. The largest absolute Gasteiger partial charge is 0.490 e. The maximum absolute atomic E-state index is 13.4. The van der Waals surface area contributed by atoms with Crippen LogP contribution in [0.25, 0.3) is 5.65 Å². The van der Waals surface area contributed by atoms with Crippen LogP contribution in [0.5, 0.6) is 5.75 Å². The monoisotopic (exact) mass is 727 g/mol. The molecule has 1 aliphatic carbocycles. The standard InChI is InChI=1S/C40H47F2N7O4/c1-25(2)53-34-20-36-44-33(24-49(36)23-31(34)39(51)45-35-5-3-4-32(43-35)38(41)42)30-12-8-26(9-13-30)21-47-17-14-29(15-18-47)28-10-6-27(7-11-28)22-48-19-16-37(50)46-40(48)52/h3-7,10-11,20,23-26,29-30,38H,8-9,12-19,21-22H2,1-2H3,(H,43,45,51)(H,46,50,52). The maximum atomic E-state index is 13.4. The molecule has 5 heterocycles. The van der Waals surface area contributed by atoms with Crippen molar-refractivity contribution < 1.29 is 27.9 Å². The zero-order chi connectivity index (χ0) is 37.1. The predicted molar refractivity (Wildman–Crippen MR) is 196 cm³/mol. The van der Waals surface area contributed by atoms with Crippen molar-refractivity contribution in [2.75, 3.05) is 31.5 Å². The van der Waals surface area contributed by atoms with Crippen molar-refractivity contribution in [1.82, 2.24) is 29.5 Å². The minimum Gasteiger partial charge on any atom is -0.490 e. The Morgan fingerprint density at radius 1 is 0.943 bits per heavy atom. The van der Waals surface area contributed by atoms with Gasteiger partial charge in [0.1, 0.15) is 22.9 Å². The summed E-state index contributed by atoms with van der Waals surface area (Å²) in [5.74, 6) is 1.23. The number of ether oxygens (including phenoxy) is 1. The molecule has 4 amide bonds. The first-order valence-corrected chi connectivity index (χ1v) is 18.7. The number of carbonyl (C=O) groups is 3. The lowest BCUT2D eigenvalue weighted by Gasteiger charge is -2.36. The van der Waals surface area contributed by atoms with E-state index in [1.165, 1.54) is 23.8 Å². The summed E-state index contributed by atoms with van der Waals surface area (Å²) in [4.78, 5) is 50.0. The molecule has 0 bridgehead atoms. The summed E-state index contributed by atoms with van der Waals surface area (Å²) in [6.45, 7) is 8.01. The van der Waals surface area contributed by atoms with Crippen molar-refractivity contribution >= 4 is 29.3 Å². The van der Waals surface area contributed by atoms with Crippen LogP contribution in [0, 0.1) is 5.92 Å². The van der Waals surface area contributed by atoms with Gasteiger partial charge in [0.05, 0.1) is 17.4 Å². The number of hydrogen-bond donors (Lipinski definition) is 2. The number of halogens is 2. The molecule has 53 heavy (non-hydrogen) atoms. The van der Waals surface area contributed by atoms with Crippen LogP contribution < -0.4 is 15.4 Å². The fourth-order valence-electron chi connectivity index (χ4n) is 7.90. The van der Waals surface area contributed by atoms with Gasteiger partial charge in [-0.1, -0.05) is 30.3 Å². The number of pyridine rings is 2. The quantitative estimate of drug-likeness (QED) is 0.166. The van der Waals surface area contributed by atoms with Crippen LogP contribution >= 0.6 is 0 Å². The minimum absolute atomic E-state index is 0.0459. The Hall–Kier alpha value is -4.91.